The maximum atomic E-state index is 12.0. The van der Waals surface area contributed by atoms with Crippen LogP contribution in [0.5, 0.6) is 0 Å². The number of aromatic nitrogens is 2. The Bertz CT molecular complexity index is 1040. The quantitative estimate of drug-likeness (QED) is 0.707. The number of esters is 1. The van der Waals surface area contributed by atoms with Gasteiger partial charge in [0.2, 0.25) is 0 Å². The van der Waals surface area contributed by atoms with Crippen molar-refractivity contribution in [2.45, 2.75) is 11.8 Å². The molecule has 4 rings (SSSR count). The smallest absolute Gasteiger partial charge is 0.359 e. The van der Waals surface area contributed by atoms with Gasteiger partial charge in [-0.2, -0.15) is 5.10 Å². The SMILES string of the molecule is COC(=O)c1n[nH]c2c1C=CC(c1ccccc1)(c1cccc(N(C)C)c1)C2. The van der Waals surface area contributed by atoms with Crippen LogP contribution in [0.3, 0.4) is 0 Å². The molecule has 0 spiro atoms. The lowest BCUT2D eigenvalue weighted by molar-refractivity contribution is 0.0593. The molecule has 0 radical (unpaired) electrons. The van der Waals surface area contributed by atoms with Gasteiger partial charge in [0.05, 0.1) is 7.11 Å². The van der Waals surface area contributed by atoms with Crippen LogP contribution >= 0.6 is 0 Å². The van der Waals surface area contributed by atoms with E-state index in [0.29, 0.717) is 12.1 Å². The van der Waals surface area contributed by atoms with Gasteiger partial charge < -0.3 is 9.64 Å². The predicted molar refractivity (Wildman–Crippen MR) is 111 cm³/mol. The van der Waals surface area contributed by atoms with Crippen molar-refractivity contribution < 1.29 is 9.53 Å². The lowest BCUT2D eigenvalue weighted by Crippen LogP contribution is -2.31. The Morgan fingerprint density at radius 3 is 2.57 bits per heavy atom. The second kappa shape index (κ2) is 7.00. The van der Waals surface area contributed by atoms with E-state index in [0.717, 1.165) is 16.9 Å². The number of hydrogen-bond donors (Lipinski definition) is 1. The highest BCUT2D eigenvalue weighted by atomic mass is 16.5. The lowest BCUT2D eigenvalue weighted by Gasteiger charge is -2.35. The van der Waals surface area contributed by atoms with E-state index in [2.05, 4.69) is 69.7 Å². The van der Waals surface area contributed by atoms with Crippen molar-refractivity contribution in [2.24, 2.45) is 0 Å². The topological polar surface area (TPSA) is 58.2 Å². The van der Waals surface area contributed by atoms with Crippen molar-refractivity contribution in [1.29, 1.82) is 0 Å². The summed E-state index contributed by atoms with van der Waals surface area (Å²) in [7, 11) is 5.46. The third-order valence-electron chi connectivity index (χ3n) is 5.42. The van der Waals surface area contributed by atoms with Crippen molar-refractivity contribution in [3.8, 4) is 0 Å². The minimum absolute atomic E-state index is 0.331. The molecule has 5 nitrogen and oxygen atoms in total. The van der Waals surface area contributed by atoms with Crippen LogP contribution in [0.15, 0.2) is 60.7 Å². The molecule has 2 aromatic carbocycles. The Kier molecular flexibility index (Phi) is 4.51. The molecular formula is C23H23N3O2. The van der Waals surface area contributed by atoms with Gasteiger partial charge in [0.15, 0.2) is 5.69 Å². The highest BCUT2D eigenvalue weighted by Gasteiger charge is 2.37. The molecule has 5 heteroatoms. The van der Waals surface area contributed by atoms with Crippen LogP contribution in [0.25, 0.3) is 6.08 Å². The standard InChI is InChI=1S/C23H23N3O2/c1-26(2)18-11-7-10-17(14-18)23(16-8-5-4-6-9-16)13-12-19-20(15-23)24-25-21(19)22(27)28-3/h4-14H,15H2,1-3H3,(H,24,25). The predicted octanol–water partition coefficient (Wildman–Crippen LogP) is 3.82. The van der Waals surface area contributed by atoms with Crippen molar-refractivity contribution in [2.75, 3.05) is 26.1 Å². The number of nitrogens with zero attached hydrogens (tertiary/aromatic N) is 2. The van der Waals surface area contributed by atoms with E-state index in [4.69, 9.17) is 4.74 Å². The van der Waals surface area contributed by atoms with E-state index in [-0.39, 0.29) is 5.41 Å². The summed E-state index contributed by atoms with van der Waals surface area (Å²) < 4.78 is 4.86. The Labute approximate surface area is 164 Å². The summed E-state index contributed by atoms with van der Waals surface area (Å²) in [5.74, 6) is -0.427. The molecule has 1 atom stereocenters. The number of carbonyl (C=O) groups is 1. The van der Waals surface area contributed by atoms with Crippen LogP contribution in [0.1, 0.15) is 32.9 Å². The van der Waals surface area contributed by atoms with Gasteiger partial charge in [-0.1, -0.05) is 54.6 Å². The first-order valence-corrected chi connectivity index (χ1v) is 9.23. The number of hydrogen-bond acceptors (Lipinski definition) is 4. The summed E-state index contributed by atoms with van der Waals surface area (Å²) in [6.45, 7) is 0. The summed E-state index contributed by atoms with van der Waals surface area (Å²) in [6, 6.07) is 19.0. The second-order valence-corrected chi connectivity index (χ2v) is 7.25. The fraction of sp³-hybridized carbons (Fsp3) is 0.217. The van der Waals surface area contributed by atoms with Crippen LogP contribution in [-0.2, 0) is 16.6 Å². The molecular weight excluding hydrogens is 350 g/mol. The molecule has 1 N–H and O–H groups in total. The number of carbonyl (C=O) groups excluding carboxylic acids is 1. The molecule has 1 heterocycles. The molecule has 28 heavy (non-hydrogen) atoms. The van der Waals surface area contributed by atoms with Crippen LogP contribution in [0.2, 0.25) is 0 Å². The zero-order chi connectivity index (χ0) is 19.7. The number of aromatic amines is 1. The Balaban J connectivity index is 1.88. The monoisotopic (exact) mass is 373 g/mol. The zero-order valence-corrected chi connectivity index (χ0v) is 16.3. The van der Waals surface area contributed by atoms with E-state index < -0.39 is 5.97 Å². The van der Waals surface area contributed by atoms with Gasteiger partial charge in [-0.05, 0) is 23.3 Å². The summed E-state index contributed by atoms with van der Waals surface area (Å²) >= 11 is 0. The first-order chi connectivity index (χ1) is 13.5. The van der Waals surface area contributed by atoms with Crippen molar-refractivity contribution in [1.82, 2.24) is 10.2 Å². The van der Waals surface area contributed by atoms with E-state index in [1.165, 1.54) is 18.2 Å². The number of ether oxygens (including phenoxy) is 1. The minimum Gasteiger partial charge on any atom is -0.464 e. The first kappa shape index (κ1) is 18.0. The number of rotatable bonds is 4. The highest BCUT2D eigenvalue weighted by Crippen LogP contribution is 2.42. The molecule has 0 saturated heterocycles. The van der Waals surface area contributed by atoms with Gasteiger partial charge in [-0.25, -0.2) is 4.79 Å². The van der Waals surface area contributed by atoms with Crippen molar-refractivity contribution in [3.05, 3.63) is 88.8 Å². The fourth-order valence-corrected chi connectivity index (χ4v) is 3.88. The number of methoxy groups -OCH3 is 1. The highest BCUT2D eigenvalue weighted by molar-refractivity contribution is 5.92. The van der Waals surface area contributed by atoms with E-state index in [1.54, 1.807) is 0 Å². The minimum atomic E-state index is -0.427. The van der Waals surface area contributed by atoms with Gasteiger partial charge in [0.1, 0.15) is 0 Å². The molecule has 0 bridgehead atoms. The summed E-state index contributed by atoms with van der Waals surface area (Å²) in [6.07, 6.45) is 4.86. The first-order valence-electron chi connectivity index (χ1n) is 9.23. The maximum Gasteiger partial charge on any atom is 0.359 e. The number of nitrogens with one attached hydrogen (secondary N) is 1. The Morgan fingerprint density at radius 1 is 1.11 bits per heavy atom. The van der Waals surface area contributed by atoms with E-state index in [9.17, 15) is 4.79 Å². The third kappa shape index (κ3) is 2.89. The average Bonchev–Trinajstić information content (AvgIpc) is 3.16. The number of anilines is 1. The molecule has 0 saturated carbocycles. The van der Waals surface area contributed by atoms with Crippen LogP contribution in [0, 0.1) is 0 Å². The molecule has 1 aromatic heterocycles. The lowest BCUT2D eigenvalue weighted by atomic mass is 9.68. The number of H-pyrrole nitrogens is 1. The Morgan fingerprint density at radius 2 is 1.86 bits per heavy atom. The largest absolute Gasteiger partial charge is 0.464 e. The van der Waals surface area contributed by atoms with Gasteiger partial charge >= 0.3 is 5.97 Å². The van der Waals surface area contributed by atoms with Gasteiger partial charge in [-0.3, -0.25) is 5.10 Å². The number of allylic oxidation sites excluding steroid dienone is 1. The zero-order valence-electron chi connectivity index (χ0n) is 16.3. The third-order valence-corrected chi connectivity index (χ3v) is 5.42. The van der Waals surface area contributed by atoms with Crippen molar-refractivity contribution in [3.63, 3.8) is 0 Å². The van der Waals surface area contributed by atoms with Gasteiger partial charge in [0, 0.05) is 42.9 Å². The molecule has 3 aromatic rings. The van der Waals surface area contributed by atoms with Crippen LogP contribution in [0.4, 0.5) is 5.69 Å². The number of fused-ring (bicyclic) bond motifs is 1. The summed E-state index contributed by atoms with van der Waals surface area (Å²) in [5.41, 5.74) is 5.26. The maximum absolute atomic E-state index is 12.0. The van der Waals surface area contributed by atoms with Gasteiger partial charge in [0.25, 0.3) is 0 Å². The van der Waals surface area contributed by atoms with Crippen LogP contribution in [-0.4, -0.2) is 37.4 Å². The summed E-state index contributed by atoms with van der Waals surface area (Å²) in [5, 5.41) is 7.27. The van der Waals surface area contributed by atoms with E-state index >= 15 is 0 Å². The Hall–Kier alpha value is -3.34. The molecule has 0 amide bonds. The molecule has 1 aliphatic carbocycles. The second-order valence-electron chi connectivity index (χ2n) is 7.25. The van der Waals surface area contributed by atoms with Gasteiger partial charge in [-0.15, -0.1) is 0 Å². The summed E-state index contributed by atoms with van der Waals surface area (Å²) in [4.78, 5) is 14.1. The molecule has 0 fully saturated rings. The molecule has 1 unspecified atom stereocenters. The molecule has 0 aliphatic heterocycles. The van der Waals surface area contributed by atoms with Crippen molar-refractivity contribution >= 4 is 17.7 Å². The van der Waals surface area contributed by atoms with Crippen LogP contribution < -0.4 is 4.90 Å². The normalized spacial score (nSPS) is 17.8. The molecule has 1 aliphatic rings. The van der Waals surface area contributed by atoms with E-state index in [1.807, 2.05) is 26.2 Å². The molecule has 142 valence electrons. The fourth-order valence-electron chi connectivity index (χ4n) is 3.88. The number of benzene rings is 2. The average molecular weight is 373 g/mol.